The molecule has 0 aliphatic carbocycles. The largest absolute Gasteiger partial charge is 0.556 e. The van der Waals surface area contributed by atoms with Crippen molar-refractivity contribution in [2.75, 3.05) is 6.61 Å². The molecule has 2 aromatic carbocycles. The first kappa shape index (κ1) is 17.3. The predicted molar refractivity (Wildman–Crippen MR) is 102 cm³/mol. The first-order chi connectivity index (χ1) is 10.2. The third-order valence-electron chi connectivity index (χ3n) is 4.39. The van der Waals surface area contributed by atoms with Crippen LogP contribution in [0.15, 0.2) is 40.9 Å². The normalized spacial score (nSPS) is 12.1. The minimum Gasteiger partial charge on any atom is -0.556 e. The molecule has 1 nitrogen and oxygen atoms in total. The molecule has 0 unspecified atom stereocenters. The molecule has 0 saturated heterocycles. The van der Waals surface area contributed by atoms with E-state index in [0.29, 0.717) is 6.61 Å². The summed E-state index contributed by atoms with van der Waals surface area (Å²) in [6, 6.07) is 12.4. The van der Waals surface area contributed by atoms with E-state index in [9.17, 15) is 0 Å². The van der Waals surface area contributed by atoms with E-state index in [0.717, 1.165) is 10.0 Å². The van der Waals surface area contributed by atoms with Gasteiger partial charge in [-0.05, 0) is 25.8 Å². The quantitative estimate of drug-likeness (QED) is 0.464. The van der Waals surface area contributed by atoms with E-state index < -0.39 is 8.32 Å². The summed E-state index contributed by atoms with van der Waals surface area (Å²) in [5, 5.41) is 2.59. The van der Waals surface area contributed by atoms with Gasteiger partial charge < -0.3 is 4.43 Å². The van der Waals surface area contributed by atoms with E-state index in [4.69, 9.17) is 4.43 Å². The minimum absolute atomic E-state index is 0.219. The topological polar surface area (TPSA) is 9.23 Å². The third kappa shape index (κ3) is 3.81. The Hall–Kier alpha value is -1.08. The van der Waals surface area contributed by atoms with Crippen LogP contribution in [0.1, 0.15) is 26.3 Å². The molecule has 0 saturated carbocycles. The molecule has 0 N–H and O–H groups in total. The van der Waals surface area contributed by atoms with Gasteiger partial charge in [-0.3, -0.25) is 0 Å². The van der Waals surface area contributed by atoms with Crippen LogP contribution in [0.5, 0.6) is 0 Å². The molecule has 0 spiro atoms. The molecule has 0 amide bonds. The lowest BCUT2D eigenvalue weighted by molar-refractivity contribution is 0.334. The standard InChI is InChI=1S/C19H23BrOSi/c1-19(2,3)22(4,5)21-14-8-12-16-10-6-9-15-11-7-13-17(20)18(15)16/h6-7,9-11,13H,14H2,1-5H3/q-1. The number of hydrogen-bond donors (Lipinski definition) is 0. The highest BCUT2D eigenvalue weighted by Crippen LogP contribution is 2.36. The summed E-state index contributed by atoms with van der Waals surface area (Å²) >= 11 is 3.62. The van der Waals surface area contributed by atoms with Gasteiger partial charge in [0.05, 0.1) is 6.61 Å². The van der Waals surface area contributed by atoms with Crippen LogP contribution in [-0.4, -0.2) is 14.9 Å². The third-order valence-corrected chi connectivity index (χ3v) is 9.53. The van der Waals surface area contributed by atoms with Crippen LogP contribution in [0.2, 0.25) is 18.1 Å². The molecule has 0 radical (unpaired) electrons. The van der Waals surface area contributed by atoms with Crippen molar-refractivity contribution in [3.8, 4) is 11.8 Å². The zero-order chi connectivity index (χ0) is 16.4. The molecule has 2 aromatic rings. The Morgan fingerprint density at radius 3 is 2.36 bits per heavy atom. The van der Waals surface area contributed by atoms with Crippen LogP contribution < -0.4 is 0 Å². The van der Waals surface area contributed by atoms with Gasteiger partial charge in [-0.25, -0.2) is 0 Å². The number of benzene rings is 2. The minimum atomic E-state index is -1.72. The van der Waals surface area contributed by atoms with Crippen LogP contribution in [0.25, 0.3) is 10.8 Å². The van der Waals surface area contributed by atoms with Crippen molar-refractivity contribution in [1.29, 1.82) is 0 Å². The summed E-state index contributed by atoms with van der Waals surface area (Å²) in [4.78, 5) is 0. The average Bonchev–Trinajstić information content (AvgIpc) is 2.42. The van der Waals surface area contributed by atoms with Crippen LogP contribution in [-0.2, 0) is 4.43 Å². The lowest BCUT2D eigenvalue weighted by atomic mass is 10.1. The molecule has 117 valence electrons. The molecule has 0 fully saturated rings. The van der Waals surface area contributed by atoms with E-state index in [1.165, 1.54) is 10.8 Å². The van der Waals surface area contributed by atoms with Crippen molar-refractivity contribution in [3.63, 3.8) is 0 Å². The first-order valence-electron chi connectivity index (χ1n) is 7.52. The fourth-order valence-corrected chi connectivity index (χ4v) is 3.42. The maximum absolute atomic E-state index is 6.11. The van der Waals surface area contributed by atoms with Crippen molar-refractivity contribution in [3.05, 3.63) is 46.4 Å². The van der Waals surface area contributed by atoms with Crippen LogP contribution >= 0.6 is 15.9 Å². The molecule has 2 rings (SSSR count). The van der Waals surface area contributed by atoms with E-state index in [2.05, 4.69) is 85.9 Å². The van der Waals surface area contributed by atoms with Gasteiger partial charge in [0.15, 0.2) is 0 Å². The number of hydrogen-bond acceptors (Lipinski definition) is 1. The molecule has 0 aromatic heterocycles. The Bertz CT molecular complexity index is 727. The predicted octanol–water partition coefficient (Wildman–Crippen LogP) is 5.98. The van der Waals surface area contributed by atoms with Gasteiger partial charge >= 0.3 is 0 Å². The van der Waals surface area contributed by atoms with E-state index >= 15 is 0 Å². The molecular weight excluding hydrogens is 352 g/mol. The van der Waals surface area contributed by atoms with Gasteiger partial charge in [0.25, 0.3) is 0 Å². The van der Waals surface area contributed by atoms with Crippen LogP contribution in [0.3, 0.4) is 0 Å². The molecular formula is C19H23BrOSi-. The number of halogens is 1. The van der Waals surface area contributed by atoms with Gasteiger partial charge in [-0.15, -0.1) is 18.1 Å². The molecule has 22 heavy (non-hydrogen) atoms. The Morgan fingerprint density at radius 2 is 1.73 bits per heavy atom. The summed E-state index contributed by atoms with van der Waals surface area (Å²) in [5.41, 5.74) is 1.05. The van der Waals surface area contributed by atoms with Crippen LogP contribution in [0.4, 0.5) is 0 Å². The lowest BCUT2D eigenvalue weighted by Gasteiger charge is -2.47. The van der Waals surface area contributed by atoms with E-state index in [1.54, 1.807) is 0 Å². The fraction of sp³-hybridized carbons (Fsp3) is 0.368. The van der Waals surface area contributed by atoms with Crippen molar-refractivity contribution in [2.24, 2.45) is 0 Å². The highest BCUT2D eigenvalue weighted by atomic mass is 79.9. The number of fused-ring (bicyclic) bond motifs is 1. The monoisotopic (exact) mass is 374 g/mol. The van der Waals surface area contributed by atoms with Crippen molar-refractivity contribution in [1.82, 2.24) is 0 Å². The summed E-state index contributed by atoms with van der Waals surface area (Å²) in [7, 11) is -1.72. The number of rotatable bonds is 2. The van der Waals surface area contributed by atoms with Gasteiger partial charge in [0, 0.05) is 15.4 Å². The Labute approximate surface area is 143 Å². The fourth-order valence-electron chi connectivity index (χ4n) is 1.96. The van der Waals surface area contributed by atoms with Gasteiger partial charge in [0.2, 0.25) is 0 Å². The van der Waals surface area contributed by atoms with Crippen molar-refractivity contribution < 1.29 is 4.43 Å². The summed E-state index contributed by atoms with van der Waals surface area (Å²) in [6.45, 7) is 11.7. The van der Waals surface area contributed by atoms with Gasteiger partial charge in [-0.2, -0.15) is 0 Å². The molecule has 0 atom stereocenters. The molecule has 0 aliphatic heterocycles. The highest BCUT2D eigenvalue weighted by Gasteiger charge is 2.24. The van der Waals surface area contributed by atoms with Crippen molar-refractivity contribution in [2.45, 2.75) is 38.9 Å². The molecule has 3 heteroatoms. The Balaban J connectivity index is 2.20. The average molecular weight is 375 g/mol. The first-order valence-corrected chi connectivity index (χ1v) is 11.2. The second-order valence-corrected chi connectivity index (χ2v) is 12.7. The zero-order valence-corrected chi connectivity index (χ0v) is 16.5. The highest BCUT2D eigenvalue weighted by molar-refractivity contribution is 9.10. The Morgan fingerprint density at radius 1 is 1.09 bits per heavy atom. The van der Waals surface area contributed by atoms with Gasteiger partial charge in [-0.1, -0.05) is 72.8 Å². The summed E-state index contributed by atoms with van der Waals surface area (Å²) in [5.74, 6) is 6.46. The smallest absolute Gasteiger partial charge is 0.0679 e. The lowest BCUT2D eigenvalue weighted by Crippen LogP contribution is -2.40. The molecule has 0 bridgehead atoms. The zero-order valence-electron chi connectivity index (χ0n) is 14.0. The Kier molecular flexibility index (Phi) is 5.16. The molecule has 0 aliphatic rings. The second-order valence-electron chi connectivity index (χ2n) is 6.99. The maximum Gasteiger partial charge on any atom is 0.0679 e. The molecule has 0 heterocycles. The van der Waals surface area contributed by atoms with Crippen LogP contribution in [0, 0.1) is 11.8 Å². The SMILES string of the molecule is CC(C)(C)[Si-](C)(C)OCC#Cc1cccc2cccc(Br)c12. The van der Waals surface area contributed by atoms with Gasteiger partial charge in [0.1, 0.15) is 0 Å². The van der Waals surface area contributed by atoms with E-state index in [-0.39, 0.29) is 5.04 Å². The maximum atomic E-state index is 6.11. The second kappa shape index (κ2) is 6.58. The van der Waals surface area contributed by atoms with Crippen molar-refractivity contribution >= 4 is 35.0 Å². The van der Waals surface area contributed by atoms with E-state index in [1.807, 2.05) is 12.1 Å². The summed E-state index contributed by atoms with van der Waals surface area (Å²) in [6.07, 6.45) is 0. The summed E-state index contributed by atoms with van der Waals surface area (Å²) < 4.78 is 7.20.